The molecule has 1 heterocycles. The maximum atomic E-state index is 14.1. The first-order valence-electron chi connectivity index (χ1n) is 5.84. The molecule has 0 unspecified atom stereocenters. The molecule has 3 nitrogen and oxygen atoms in total. The SMILES string of the molecule is CNCc1ccnc(Oc2cc(C)ccc2Cl)c1F. The second kappa shape index (κ2) is 5.99. The maximum Gasteiger partial charge on any atom is 0.256 e. The van der Waals surface area contributed by atoms with Crippen LogP contribution in [0.3, 0.4) is 0 Å². The predicted molar refractivity (Wildman–Crippen MR) is 73.2 cm³/mol. The van der Waals surface area contributed by atoms with Gasteiger partial charge in [0.25, 0.3) is 5.88 Å². The van der Waals surface area contributed by atoms with E-state index >= 15 is 0 Å². The first-order valence-corrected chi connectivity index (χ1v) is 6.21. The van der Waals surface area contributed by atoms with E-state index in [1.54, 1.807) is 25.2 Å². The van der Waals surface area contributed by atoms with Crippen LogP contribution in [0.15, 0.2) is 30.5 Å². The van der Waals surface area contributed by atoms with E-state index in [4.69, 9.17) is 16.3 Å². The third-order valence-corrected chi connectivity index (χ3v) is 2.91. The van der Waals surface area contributed by atoms with Crippen LogP contribution in [0, 0.1) is 12.7 Å². The van der Waals surface area contributed by atoms with E-state index in [0.717, 1.165) is 5.56 Å². The lowest BCUT2D eigenvalue weighted by Gasteiger charge is -2.10. The molecule has 0 atom stereocenters. The number of nitrogens with one attached hydrogen (secondary N) is 1. The number of aromatic nitrogens is 1. The highest BCUT2D eigenvalue weighted by atomic mass is 35.5. The standard InChI is InChI=1S/C14H14ClFN2O/c1-9-3-4-11(15)12(7-9)19-14-13(16)10(8-17-2)5-6-18-14/h3-7,17H,8H2,1-2H3. The van der Waals surface area contributed by atoms with Crippen molar-refractivity contribution in [1.29, 1.82) is 0 Å². The summed E-state index contributed by atoms with van der Waals surface area (Å²) >= 11 is 6.01. The Kier molecular flexibility index (Phi) is 4.35. The van der Waals surface area contributed by atoms with Gasteiger partial charge in [0.05, 0.1) is 5.02 Å². The minimum Gasteiger partial charge on any atom is -0.435 e. The molecule has 0 bridgehead atoms. The molecule has 0 spiro atoms. The minimum absolute atomic E-state index is 0.0692. The number of aryl methyl sites for hydroxylation is 1. The number of benzene rings is 1. The molecule has 1 aromatic carbocycles. The van der Waals surface area contributed by atoms with E-state index in [-0.39, 0.29) is 5.88 Å². The fourth-order valence-corrected chi connectivity index (χ4v) is 1.81. The van der Waals surface area contributed by atoms with E-state index in [2.05, 4.69) is 10.3 Å². The van der Waals surface area contributed by atoms with Crippen molar-refractivity contribution in [3.05, 3.63) is 52.4 Å². The molecule has 0 amide bonds. The van der Waals surface area contributed by atoms with Crippen molar-refractivity contribution in [2.24, 2.45) is 0 Å². The van der Waals surface area contributed by atoms with Gasteiger partial charge in [0, 0.05) is 18.3 Å². The monoisotopic (exact) mass is 280 g/mol. The Balaban J connectivity index is 2.33. The molecule has 5 heteroatoms. The van der Waals surface area contributed by atoms with Crippen LogP contribution < -0.4 is 10.1 Å². The average Bonchev–Trinajstić information content (AvgIpc) is 2.39. The number of nitrogens with zero attached hydrogens (tertiary/aromatic N) is 1. The van der Waals surface area contributed by atoms with Crippen LogP contribution in [0.25, 0.3) is 0 Å². The van der Waals surface area contributed by atoms with Gasteiger partial charge in [0.2, 0.25) is 0 Å². The molecule has 100 valence electrons. The third kappa shape index (κ3) is 3.22. The molecule has 0 saturated carbocycles. The molecule has 0 radical (unpaired) electrons. The summed E-state index contributed by atoms with van der Waals surface area (Å²) in [6.07, 6.45) is 1.51. The normalized spacial score (nSPS) is 10.5. The van der Waals surface area contributed by atoms with Gasteiger partial charge in [-0.3, -0.25) is 0 Å². The largest absolute Gasteiger partial charge is 0.435 e. The number of hydrogen-bond acceptors (Lipinski definition) is 3. The molecule has 0 aliphatic rings. The number of halogens is 2. The van der Waals surface area contributed by atoms with Crippen LogP contribution in [0.1, 0.15) is 11.1 Å². The summed E-state index contributed by atoms with van der Waals surface area (Å²) < 4.78 is 19.6. The smallest absolute Gasteiger partial charge is 0.256 e. The Morgan fingerprint density at radius 1 is 1.37 bits per heavy atom. The molecule has 0 saturated heterocycles. The van der Waals surface area contributed by atoms with Gasteiger partial charge in [-0.15, -0.1) is 0 Å². The zero-order chi connectivity index (χ0) is 13.8. The Bertz CT molecular complexity index is 590. The summed E-state index contributed by atoms with van der Waals surface area (Å²) in [6.45, 7) is 2.32. The van der Waals surface area contributed by atoms with Gasteiger partial charge in [0.15, 0.2) is 5.82 Å². The first-order chi connectivity index (χ1) is 9.11. The van der Waals surface area contributed by atoms with Crippen LogP contribution in [0.4, 0.5) is 4.39 Å². The summed E-state index contributed by atoms with van der Waals surface area (Å²) in [5.41, 5.74) is 1.47. The van der Waals surface area contributed by atoms with Crippen molar-refractivity contribution in [2.75, 3.05) is 7.05 Å². The zero-order valence-electron chi connectivity index (χ0n) is 10.7. The van der Waals surface area contributed by atoms with E-state index < -0.39 is 5.82 Å². The predicted octanol–water partition coefficient (Wildman–Crippen LogP) is 3.69. The Hall–Kier alpha value is -1.65. The second-order valence-electron chi connectivity index (χ2n) is 4.16. The van der Waals surface area contributed by atoms with E-state index in [1.807, 2.05) is 13.0 Å². The summed E-state index contributed by atoms with van der Waals surface area (Å²) in [4.78, 5) is 3.90. The van der Waals surface area contributed by atoms with Gasteiger partial charge < -0.3 is 10.1 Å². The fourth-order valence-electron chi connectivity index (χ4n) is 1.65. The van der Waals surface area contributed by atoms with Gasteiger partial charge in [-0.25, -0.2) is 9.37 Å². The van der Waals surface area contributed by atoms with Crippen molar-refractivity contribution >= 4 is 11.6 Å². The van der Waals surface area contributed by atoms with Crippen LogP contribution >= 0.6 is 11.6 Å². The molecule has 0 aliphatic heterocycles. The van der Waals surface area contributed by atoms with Crippen molar-refractivity contribution < 1.29 is 9.13 Å². The van der Waals surface area contributed by atoms with Gasteiger partial charge in [0.1, 0.15) is 5.75 Å². The highest BCUT2D eigenvalue weighted by Gasteiger charge is 2.12. The highest BCUT2D eigenvalue weighted by Crippen LogP contribution is 2.31. The van der Waals surface area contributed by atoms with Crippen LogP contribution in [-0.2, 0) is 6.54 Å². The van der Waals surface area contributed by atoms with E-state index in [0.29, 0.717) is 22.9 Å². The van der Waals surface area contributed by atoms with Crippen LogP contribution in [0.2, 0.25) is 5.02 Å². The van der Waals surface area contributed by atoms with Gasteiger partial charge in [-0.1, -0.05) is 17.7 Å². The summed E-state index contributed by atoms with van der Waals surface area (Å²) in [6, 6.07) is 6.92. The zero-order valence-corrected chi connectivity index (χ0v) is 11.5. The van der Waals surface area contributed by atoms with E-state index in [1.165, 1.54) is 6.20 Å². The number of ether oxygens (including phenoxy) is 1. The molecule has 1 aromatic heterocycles. The lowest BCUT2D eigenvalue weighted by Crippen LogP contribution is -2.08. The van der Waals surface area contributed by atoms with Crippen molar-refractivity contribution in [3.8, 4) is 11.6 Å². The molecule has 19 heavy (non-hydrogen) atoms. The summed E-state index contributed by atoms with van der Waals surface area (Å²) in [7, 11) is 1.75. The molecule has 0 fully saturated rings. The highest BCUT2D eigenvalue weighted by molar-refractivity contribution is 6.32. The van der Waals surface area contributed by atoms with Crippen molar-refractivity contribution in [1.82, 2.24) is 10.3 Å². The van der Waals surface area contributed by atoms with Gasteiger partial charge in [-0.2, -0.15) is 0 Å². The molecular formula is C14H14ClFN2O. The van der Waals surface area contributed by atoms with Crippen LogP contribution in [-0.4, -0.2) is 12.0 Å². The molecule has 1 N–H and O–H groups in total. The molecule has 0 aliphatic carbocycles. The molecular weight excluding hydrogens is 267 g/mol. The first kappa shape index (κ1) is 13.8. The summed E-state index contributed by atoms with van der Waals surface area (Å²) in [5.74, 6) is -0.149. The lowest BCUT2D eigenvalue weighted by atomic mass is 10.2. The molecule has 2 rings (SSSR count). The minimum atomic E-state index is -0.477. The number of pyridine rings is 1. The third-order valence-electron chi connectivity index (χ3n) is 2.60. The topological polar surface area (TPSA) is 34.2 Å². The Morgan fingerprint density at radius 3 is 2.89 bits per heavy atom. The van der Waals surface area contributed by atoms with E-state index in [9.17, 15) is 4.39 Å². The Morgan fingerprint density at radius 2 is 2.16 bits per heavy atom. The van der Waals surface area contributed by atoms with Crippen molar-refractivity contribution in [2.45, 2.75) is 13.5 Å². The number of rotatable bonds is 4. The number of hydrogen-bond donors (Lipinski definition) is 1. The quantitative estimate of drug-likeness (QED) is 0.927. The second-order valence-corrected chi connectivity index (χ2v) is 4.56. The summed E-state index contributed by atoms with van der Waals surface area (Å²) in [5, 5.41) is 3.31. The van der Waals surface area contributed by atoms with Gasteiger partial charge >= 0.3 is 0 Å². The van der Waals surface area contributed by atoms with Crippen molar-refractivity contribution in [3.63, 3.8) is 0 Å². The molecule has 2 aromatic rings. The maximum absolute atomic E-state index is 14.1. The fraction of sp³-hybridized carbons (Fsp3) is 0.214. The van der Waals surface area contributed by atoms with Gasteiger partial charge in [-0.05, 0) is 37.7 Å². The lowest BCUT2D eigenvalue weighted by molar-refractivity contribution is 0.418. The average molecular weight is 281 g/mol. The van der Waals surface area contributed by atoms with Crippen LogP contribution in [0.5, 0.6) is 11.6 Å². The Labute approximate surface area is 116 Å².